The summed E-state index contributed by atoms with van der Waals surface area (Å²) >= 11 is 0. The van der Waals surface area contributed by atoms with Crippen LogP contribution >= 0.6 is 0 Å². The van der Waals surface area contributed by atoms with Crippen LogP contribution in [0.1, 0.15) is 24.4 Å². The molecule has 4 aromatic rings. The molecule has 5 nitrogen and oxygen atoms in total. The second-order valence-electron chi connectivity index (χ2n) is 7.34. The highest BCUT2D eigenvalue weighted by Crippen LogP contribution is 2.29. The zero-order valence-electron chi connectivity index (χ0n) is 15.1. The van der Waals surface area contributed by atoms with E-state index >= 15 is 0 Å². The average molecular weight is 358 g/mol. The van der Waals surface area contributed by atoms with Crippen LogP contribution in [0.4, 0.5) is 0 Å². The number of fused-ring (bicyclic) bond motifs is 3. The first-order valence-corrected chi connectivity index (χ1v) is 9.53. The van der Waals surface area contributed by atoms with E-state index in [0.717, 1.165) is 49.0 Å². The fourth-order valence-electron chi connectivity index (χ4n) is 4.27. The molecular formula is C22H22N4O. The summed E-state index contributed by atoms with van der Waals surface area (Å²) in [6.07, 6.45) is 7.73. The number of rotatable bonds is 3. The summed E-state index contributed by atoms with van der Waals surface area (Å²) < 4.78 is 2.30. The Bertz CT molecular complexity index is 1140. The second kappa shape index (κ2) is 6.67. The fourth-order valence-corrected chi connectivity index (χ4v) is 4.27. The summed E-state index contributed by atoms with van der Waals surface area (Å²) in [7, 11) is 0. The normalized spacial score (nSPS) is 16.3. The van der Waals surface area contributed by atoms with E-state index in [2.05, 4.69) is 49.8 Å². The van der Waals surface area contributed by atoms with Gasteiger partial charge in [-0.15, -0.1) is 0 Å². The number of aromatic nitrogens is 3. The zero-order chi connectivity index (χ0) is 18.2. The fraction of sp³-hybridized carbons (Fsp3) is 0.273. The van der Waals surface area contributed by atoms with Crippen LogP contribution in [0.15, 0.2) is 65.8 Å². The Hall–Kier alpha value is -2.92. The van der Waals surface area contributed by atoms with Crippen molar-refractivity contribution in [1.82, 2.24) is 19.4 Å². The summed E-state index contributed by atoms with van der Waals surface area (Å²) in [5, 5.41) is 1.73. The summed E-state index contributed by atoms with van der Waals surface area (Å²) in [4.78, 5) is 22.4. The summed E-state index contributed by atoms with van der Waals surface area (Å²) in [5.41, 5.74) is 3.25. The molecule has 1 saturated heterocycles. The lowest BCUT2D eigenvalue weighted by atomic mass is 10.0. The molecule has 1 fully saturated rings. The van der Waals surface area contributed by atoms with Crippen LogP contribution < -0.4 is 5.43 Å². The molecule has 1 aliphatic rings. The Morgan fingerprint density at radius 3 is 2.67 bits per heavy atom. The van der Waals surface area contributed by atoms with Gasteiger partial charge in [0.25, 0.3) is 0 Å². The third-order valence-electron chi connectivity index (χ3n) is 5.67. The first-order chi connectivity index (χ1) is 13.3. The number of nitrogens with zero attached hydrogens (tertiary/aromatic N) is 3. The van der Waals surface area contributed by atoms with Crippen molar-refractivity contribution in [2.75, 3.05) is 13.1 Å². The quantitative estimate of drug-likeness (QED) is 0.607. The zero-order valence-corrected chi connectivity index (χ0v) is 15.1. The van der Waals surface area contributed by atoms with Crippen LogP contribution in [-0.4, -0.2) is 32.5 Å². The number of aromatic amines is 1. The number of piperidine rings is 1. The molecule has 4 heterocycles. The van der Waals surface area contributed by atoms with Crippen LogP contribution in [0.2, 0.25) is 0 Å². The van der Waals surface area contributed by atoms with Gasteiger partial charge in [0.05, 0.1) is 10.9 Å². The molecule has 27 heavy (non-hydrogen) atoms. The van der Waals surface area contributed by atoms with Crippen LogP contribution in [0.3, 0.4) is 0 Å². The highest BCUT2D eigenvalue weighted by Gasteiger charge is 2.22. The van der Waals surface area contributed by atoms with Gasteiger partial charge in [-0.05, 0) is 24.5 Å². The molecule has 1 aromatic carbocycles. The molecule has 0 spiro atoms. The van der Waals surface area contributed by atoms with E-state index < -0.39 is 0 Å². The smallest absolute Gasteiger partial charge is 0.190 e. The maximum atomic E-state index is 12.4. The first kappa shape index (κ1) is 16.3. The molecule has 0 unspecified atom stereocenters. The van der Waals surface area contributed by atoms with Crippen molar-refractivity contribution < 1.29 is 0 Å². The Kier molecular flexibility index (Phi) is 4.02. The van der Waals surface area contributed by atoms with Gasteiger partial charge in [-0.2, -0.15) is 0 Å². The molecular weight excluding hydrogens is 336 g/mol. The molecule has 0 aliphatic carbocycles. The number of H-pyrrole nitrogens is 1. The third kappa shape index (κ3) is 2.94. The predicted molar refractivity (Wildman–Crippen MR) is 108 cm³/mol. The number of hydrogen-bond donors (Lipinski definition) is 1. The average Bonchev–Trinajstić information content (AvgIpc) is 3.19. The lowest BCUT2D eigenvalue weighted by molar-refractivity contribution is 0.181. The lowest BCUT2D eigenvalue weighted by Crippen LogP contribution is -2.34. The van der Waals surface area contributed by atoms with Crippen molar-refractivity contribution in [1.29, 1.82) is 0 Å². The van der Waals surface area contributed by atoms with E-state index in [1.165, 1.54) is 5.56 Å². The number of nitrogens with one attached hydrogen (secondary N) is 1. The molecule has 136 valence electrons. The molecule has 5 heteroatoms. The van der Waals surface area contributed by atoms with Gasteiger partial charge in [-0.1, -0.05) is 30.3 Å². The highest BCUT2D eigenvalue weighted by molar-refractivity contribution is 6.02. The van der Waals surface area contributed by atoms with E-state index in [9.17, 15) is 4.79 Å². The van der Waals surface area contributed by atoms with Crippen LogP contribution in [0.5, 0.6) is 0 Å². The number of pyridine rings is 2. The van der Waals surface area contributed by atoms with E-state index in [4.69, 9.17) is 0 Å². The van der Waals surface area contributed by atoms with Gasteiger partial charge in [-0.25, -0.2) is 4.98 Å². The Labute approximate surface area is 157 Å². The summed E-state index contributed by atoms with van der Waals surface area (Å²) in [6, 6.07) is 14.8. The maximum Gasteiger partial charge on any atom is 0.190 e. The first-order valence-electron chi connectivity index (χ1n) is 9.53. The van der Waals surface area contributed by atoms with Crippen molar-refractivity contribution in [3.8, 4) is 0 Å². The standard InChI is InChI=1S/C22H22N4O/c27-20-9-13-26(21-18-6-10-23-22(18)24-14-19(20)21)17-7-11-25(12-8-17)15-16-4-2-1-3-5-16/h1-6,9-10,13-14,17H,7-8,11-12,15H2,(H,23,24). The summed E-state index contributed by atoms with van der Waals surface area (Å²) in [5.74, 6) is 0. The van der Waals surface area contributed by atoms with Gasteiger partial charge in [0, 0.05) is 55.7 Å². The minimum atomic E-state index is 0.0402. The van der Waals surface area contributed by atoms with Gasteiger partial charge in [-0.3, -0.25) is 9.69 Å². The molecule has 5 rings (SSSR count). The van der Waals surface area contributed by atoms with Gasteiger partial charge in [0.15, 0.2) is 5.43 Å². The van der Waals surface area contributed by atoms with Crippen molar-refractivity contribution in [2.24, 2.45) is 0 Å². The van der Waals surface area contributed by atoms with Gasteiger partial charge in [0.1, 0.15) is 5.65 Å². The number of benzene rings is 1. The van der Waals surface area contributed by atoms with Crippen molar-refractivity contribution in [3.05, 3.63) is 76.8 Å². The SMILES string of the molecule is O=c1ccn(C2CCN(Cc3ccccc3)CC2)c2c1cnc1[nH]ccc12. The molecule has 0 atom stereocenters. The van der Waals surface area contributed by atoms with Crippen LogP contribution in [-0.2, 0) is 6.54 Å². The Balaban J connectivity index is 1.44. The minimum absolute atomic E-state index is 0.0402. The second-order valence-corrected chi connectivity index (χ2v) is 7.34. The van der Waals surface area contributed by atoms with Gasteiger partial charge >= 0.3 is 0 Å². The lowest BCUT2D eigenvalue weighted by Gasteiger charge is -2.34. The van der Waals surface area contributed by atoms with Crippen molar-refractivity contribution in [2.45, 2.75) is 25.4 Å². The monoisotopic (exact) mass is 358 g/mol. The molecule has 0 radical (unpaired) electrons. The van der Waals surface area contributed by atoms with E-state index in [1.807, 2.05) is 18.5 Å². The van der Waals surface area contributed by atoms with Crippen LogP contribution in [0, 0.1) is 0 Å². The molecule has 1 aliphatic heterocycles. The van der Waals surface area contributed by atoms with Gasteiger partial charge in [0.2, 0.25) is 0 Å². The van der Waals surface area contributed by atoms with Crippen molar-refractivity contribution >= 4 is 21.9 Å². The van der Waals surface area contributed by atoms with Crippen molar-refractivity contribution in [3.63, 3.8) is 0 Å². The molecule has 0 amide bonds. The van der Waals surface area contributed by atoms with E-state index in [0.29, 0.717) is 11.4 Å². The Morgan fingerprint density at radius 1 is 1.04 bits per heavy atom. The molecule has 1 N–H and O–H groups in total. The van der Waals surface area contributed by atoms with Crippen LogP contribution in [0.25, 0.3) is 21.9 Å². The molecule has 3 aromatic heterocycles. The predicted octanol–water partition coefficient (Wildman–Crippen LogP) is 3.71. The number of likely N-dealkylation sites (tertiary alicyclic amines) is 1. The highest BCUT2D eigenvalue weighted by atomic mass is 16.1. The number of hydrogen-bond acceptors (Lipinski definition) is 3. The largest absolute Gasteiger partial charge is 0.346 e. The maximum absolute atomic E-state index is 12.4. The summed E-state index contributed by atoms with van der Waals surface area (Å²) in [6.45, 7) is 3.13. The topological polar surface area (TPSA) is 53.9 Å². The van der Waals surface area contributed by atoms with E-state index in [-0.39, 0.29) is 5.43 Å². The van der Waals surface area contributed by atoms with E-state index in [1.54, 1.807) is 12.3 Å². The minimum Gasteiger partial charge on any atom is -0.346 e. The van der Waals surface area contributed by atoms with Gasteiger partial charge < -0.3 is 9.55 Å². The molecule has 0 saturated carbocycles. The molecule has 0 bridgehead atoms. The third-order valence-corrected chi connectivity index (χ3v) is 5.67. The Morgan fingerprint density at radius 2 is 1.85 bits per heavy atom.